The number of pyridine rings is 1. The van der Waals surface area contributed by atoms with Crippen LogP contribution in [0.4, 0.5) is 0 Å². The molecule has 0 atom stereocenters. The lowest BCUT2D eigenvalue weighted by Gasteiger charge is -2.21. The molecule has 0 amide bonds. The fourth-order valence-electron chi connectivity index (χ4n) is 2.28. The van der Waals surface area contributed by atoms with E-state index in [0.29, 0.717) is 10.8 Å². The second kappa shape index (κ2) is 7.62. The first-order chi connectivity index (χ1) is 12.8. The van der Waals surface area contributed by atoms with E-state index in [0.717, 1.165) is 21.3 Å². The highest BCUT2D eigenvalue weighted by molar-refractivity contribution is 7.99. The third kappa shape index (κ3) is 4.43. The Hall–Kier alpha value is -2.51. The summed E-state index contributed by atoms with van der Waals surface area (Å²) < 4.78 is 7.47. The Morgan fingerprint density at radius 2 is 1.89 bits per heavy atom. The number of carboxylic acid groups (broad SMARTS) is 1. The summed E-state index contributed by atoms with van der Waals surface area (Å²) in [5, 5.41) is 11.5. The van der Waals surface area contributed by atoms with Gasteiger partial charge in [-0.15, -0.1) is 0 Å². The third-order valence-electron chi connectivity index (χ3n) is 3.80. The van der Waals surface area contributed by atoms with E-state index in [1.54, 1.807) is 30.7 Å². The van der Waals surface area contributed by atoms with Crippen molar-refractivity contribution in [1.29, 1.82) is 0 Å². The summed E-state index contributed by atoms with van der Waals surface area (Å²) in [6.07, 6.45) is 3.35. The molecule has 8 heteroatoms. The Morgan fingerprint density at radius 3 is 2.48 bits per heavy atom. The molecule has 1 N–H and O–H groups in total. The summed E-state index contributed by atoms with van der Waals surface area (Å²) in [6, 6.07) is 10.8. The molecule has 0 aliphatic heterocycles. The molecule has 0 saturated carbocycles. The summed E-state index contributed by atoms with van der Waals surface area (Å²) in [4.78, 5) is 20.0. The second-order valence-corrected chi connectivity index (χ2v) is 7.81. The van der Waals surface area contributed by atoms with E-state index in [9.17, 15) is 9.90 Å². The zero-order chi connectivity index (χ0) is 19.6. The Labute approximate surface area is 166 Å². The average Bonchev–Trinajstić information content (AvgIpc) is 2.98. The average molecular weight is 404 g/mol. The SMILES string of the molecule is Cn1cnc(-c2ccc(OC(C)(C)C(=O)O)cc2)c1Sc1ccc(Cl)cn1. The van der Waals surface area contributed by atoms with Crippen LogP contribution in [0.5, 0.6) is 5.75 Å². The van der Waals surface area contributed by atoms with Crippen molar-refractivity contribution in [1.82, 2.24) is 14.5 Å². The van der Waals surface area contributed by atoms with E-state index >= 15 is 0 Å². The minimum absolute atomic E-state index is 0.482. The molecule has 0 aliphatic carbocycles. The molecular weight excluding hydrogens is 386 g/mol. The molecular formula is C19H18ClN3O3S. The molecule has 0 saturated heterocycles. The minimum atomic E-state index is -1.30. The van der Waals surface area contributed by atoms with Gasteiger partial charge in [0.25, 0.3) is 0 Å². The van der Waals surface area contributed by atoms with Crippen molar-refractivity contribution in [2.75, 3.05) is 0 Å². The van der Waals surface area contributed by atoms with Crippen molar-refractivity contribution in [3.05, 3.63) is 53.9 Å². The molecule has 3 aromatic rings. The number of hydrogen-bond donors (Lipinski definition) is 1. The van der Waals surface area contributed by atoms with E-state index in [1.807, 2.05) is 29.8 Å². The van der Waals surface area contributed by atoms with Crippen molar-refractivity contribution in [2.24, 2.45) is 7.05 Å². The van der Waals surface area contributed by atoms with Crippen LogP contribution in [0.15, 0.2) is 59.0 Å². The maximum Gasteiger partial charge on any atom is 0.347 e. The van der Waals surface area contributed by atoms with Gasteiger partial charge < -0.3 is 14.4 Å². The number of nitrogens with zero attached hydrogens (tertiary/aromatic N) is 3. The lowest BCUT2D eigenvalue weighted by Crippen LogP contribution is -2.37. The number of imidazole rings is 1. The summed E-state index contributed by atoms with van der Waals surface area (Å²) in [6.45, 7) is 3.02. The van der Waals surface area contributed by atoms with E-state index in [4.69, 9.17) is 16.3 Å². The lowest BCUT2D eigenvalue weighted by molar-refractivity contribution is -0.152. The van der Waals surface area contributed by atoms with Gasteiger partial charge in [-0.25, -0.2) is 14.8 Å². The number of aliphatic carboxylic acids is 1. The first-order valence-electron chi connectivity index (χ1n) is 8.10. The maximum absolute atomic E-state index is 11.2. The predicted octanol–water partition coefficient (Wildman–Crippen LogP) is 4.53. The van der Waals surface area contributed by atoms with Gasteiger partial charge in [0.1, 0.15) is 21.5 Å². The number of carboxylic acids is 1. The number of aryl methyl sites for hydroxylation is 1. The van der Waals surface area contributed by atoms with Crippen molar-refractivity contribution in [3.8, 4) is 17.0 Å². The molecule has 2 heterocycles. The van der Waals surface area contributed by atoms with Gasteiger partial charge in [0, 0.05) is 18.8 Å². The zero-order valence-corrected chi connectivity index (χ0v) is 16.6. The molecule has 0 aliphatic rings. The normalized spacial score (nSPS) is 11.4. The van der Waals surface area contributed by atoms with Gasteiger partial charge in [0.2, 0.25) is 0 Å². The van der Waals surface area contributed by atoms with Gasteiger partial charge in [-0.1, -0.05) is 11.6 Å². The number of rotatable bonds is 6. The first-order valence-corrected chi connectivity index (χ1v) is 9.29. The van der Waals surface area contributed by atoms with Crippen LogP contribution in [0.1, 0.15) is 13.8 Å². The van der Waals surface area contributed by atoms with Crippen LogP contribution in [0.3, 0.4) is 0 Å². The zero-order valence-electron chi connectivity index (χ0n) is 15.0. The Morgan fingerprint density at radius 1 is 1.19 bits per heavy atom. The lowest BCUT2D eigenvalue weighted by atomic mass is 10.1. The van der Waals surface area contributed by atoms with Crippen LogP contribution in [-0.4, -0.2) is 31.2 Å². The highest BCUT2D eigenvalue weighted by Gasteiger charge is 2.29. The van der Waals surface area contributed by atoms with Crippen LogP contribution < -0.4 is 4.74 Å². The van der Waals surface area contributed by atoms with Gasteiger partial charge in [-0.2, -0.15) is 0 Å². The van der Waals surface area contributed by atoms with Crippen molar-refractivity contribution < 1.29 is 14.6 Å². The predicted molar refractivity (Wildman–Crippen MR) is 104 cm³/mol. The number of aromatic nitrogens is 3. The molecule has 140 valence electrons. The summed E-state index contributed by atoms with van der Waals surface area (Å²) in [5.74, 6) is -0.541. The molecule has 0 bridgehead atoms. The summed E-state index contributed by atoms with van der Waals surface area (Å²) >= 11 is 7.39. The second-order valence-electron chi connectivity index (χ2n) is 6.37. The van der Waals surface area contributed by atoms with E-state index in [-0.39, 0.29) is 0 Å². The molecule has 27 heavy (non-hydrogen) atoms. The number of halogens is 1. The Kier molecular flexibility index (Phi) is 5.43. The number of ether oxygens (including phenoxy) is 1. The molecule has 0 radical (unpaired) electrons. The Bertz CT molecular complexity index is 953. The van der Waals surface area contributed by atoms with Gasteiger partial charge >= 0.3 is 5.97 Å². The van der Waals surface area contributed by atoms with Gasteiger partial charge in [0.05, 0.1) is 11.3 Å². The largest absolute Gasteiger partial charge is 0.478 e. The maximum atomic E-state index is 11.2. The number of carbonyl (C=O) groups is 1. The molecule has 6 nitrogen and oxygen atoms in total. The highest BCUT2D eigenvalue weighted by Crippen LogP contribution is 2.35. The molecule has 3 rings (SSSR count). The quantitative estimate of drug-likeness (QED) is 0.651. The van der Waals surface area contributed by atoms with Crippen LogP contribution in [-0.2, 0) is 11.8 Å². The van der Waals surface area contributed by atoms with Crippen molar-refractivity contribution in [3.63, 3.8) is 0 Å². The minimum Gasteiger partial charge on any atom is -0.478 e. The van der Waals surface area contributed by atoms with E-state index in [2.05, 4.69) is 9.97 Å². The number of benzene rings is 1. The van der Waals surface area contributed by atoms with Crippen LogP contribution >= 0.6 is 23.4 Å². The Balaban J connectivity index is 1.85. The van der Waals surface area contributed by atoms with Crippen molar-refractivity contribution in [2.45, 2.75) is 29.5 Å². The van der Waals surface area contributed by atoms with Crippen LogP contribution in [0, 0.1) is 0 Å². The van der Waals surface area contributed by atoms with Crippen molar-refractivity contribution >= 4 is 29.3 Å². The van der Waals surface area contributed by atoms with Gasteiger partial charge in [0.15, 0.2) is 5.60 Å². The summed E-state index contributed by atoms with van der Waals surface area (Å²) in [5.41, 5.74) is 0.407. The third-order valence-corrected chi connectivity index (χ3v) is 5.15. The fourth-order valence-corrected chi connectivity index (χ4v) is 3.29. The first kappa shape index (κ1) is 19.3. The van der Waals surface area contributed by atoms with E-state index < -0.39 is 11.6 Å². The highest BCUT2D eigenvalue weighted by atomic mass is 35.5. The molecule has 1 aromatic carbocycles. The molecule has 0 spiro atoms. The topological polar surface area (TPSA) is 77.2 Å². The molecule has 2 aromatic heterocycles. The smallest absolute Gasteiger partial charge is 0.347 e. The van der Waals surface area contributed by atoms with Crippen LogP contribution in [0.2, 0.25) is 5.02 Å². The molecule has 0 unspecified atom stereocenters. The number of hydrogen-bond acceptors (Lipinski definition) is 5. The van der Waals surface area contributed by atoms with E-state index in [1.165, 1.54) is 25.6 Å². The standard InChI is InChI=1S/C19H18ClN3O3S/c1-19(2,18(24)25)26-14-7-4-12(5-8-14)16-17(23(3)11-22-16)27-15-9-6-13(20)10-21-15/h4-11H,1-3H3,(H,24,25). The van der Waals surface area contributed by atoms with Gasteiger partial charge in [-0.05, 0) is 62.0 Å². The van der Waals surface area contributed by atoms with Gasteiger partial charge in [-0.3, -0.25) is 0 Å². The van der Waals surface area contributed by atoms with Crippen LogP contribution in [0.25, 0.3) is 11.3 Å². The molecule has 0 fully saturated rings. The summed E-state index contributed by atoms with van der Waals surface area (Å²) in [7, 11) is 1.92. The monoisotopic (exact) mass is 403 g/mol. The fraction of sp³-hybridized carbons (Fsp3) is 0.211.